The lowest BCUT2D eigenvalue weighted by molar-refractivity contribution is -0.128. The number of rotatable bonds is 5. The van der Waals surface area contributed by atoms with Crippen LogP contribution in [0.5, 0.6) is 0 Å². The molecule has 2 aromatic rings. The Hall–Kier alpha value is -1.53. The minimum atomic E-state index is 0.196. The van der Waals surface area contributed by atoms with E-state index in [1.807, 2.05) is 33.7 Å². The molecule has 0 radical (unpaired) electrons. The Morgan fingerprint density at radius 3 is 2.64 bits per heavy atom. The van der Waals surface area contributed by atoms with Gasteiger partial charge in [0.2, 0.25) is 5.91 Å². The third kappa shape index (κ3) is 4.55. The van der Waals surface area contributed by atoms with Gasteiger partial charge >= 0.3 is 0 Å². The summed E-state index contributed by atoms with van der Waals surface area (Å²) in [6.45, 7) is 4.56. The highest BCUT2D eigenvalue weighted by atomic mass is 35.5. The van der Waals surface area contributed by atoms with Crippen LogP contribution in [0.3, 0.4) is 0 Å². The molecule has 134 valence electrons. The quantitative estimate of drug-likeness (QED) is 0.734. The molecule has 3 rings (SSSR count). The summed E-state index contributed by atoms with van der Waals surface area (Å²) in [4.78, 5) is 14.5. The number of likely N-dealkylation sites (tertiary alicyclic amines) is 1. The molecular formula is C18H23ClN4OS. The highest BCUT2D eigenvalue weighted by Gasteiger charge is 2.18. The van der Waals surface area contributed by atoms with Crippen molar-refractivity contribution < 1.29 is 4.79 Å². The van der Waals surface area contributed by atoms with Crippen LogP contribution in [-0.4, -0.2) is 44.4 Å². The van der Waals surface area contributed by atoms with Crippen LogP contribution in [0.15, 0.2) is 29.4 Å². The third-order valence-electron chi connectivity index (χ3n) is 4.40. The minimum absolute atomic E-state index is 0.196. The first kappa shape index (κ1) is 18.3. The van der Waals surface area contributed by atoms with Crippen molar-refractivity contribution in [3.8, 4) is 11.4 Å². The van der Waals surface area contributed by atoms with E-state index < -0.39 is 0 Å². The molecule has 5 nitrogen and oxygen atoms in total. The topological polar surface area (TPSA) is 51.0 Å². The maximum absolute atomic E-state index is 12.5. The lowest BCUT2D eigenvalue weighted by Gasteiger charge is -2.19. The first-order chi connectivity index (χ1) is 12.2. The summed E-state index contributed by atoms with van der Waals surface area (Å²) >= 11 is 7.55. The van der Waals surface area contributed by atoms with Gasteiger partial charge in [-0.1, -0.05) is 48.3 Å². The van der Waals surface area contributed by atoms with Crippen molar-refractivity contribution >= 4 is 29.3 Å². The maximum Gasteiger partial charge on any atom is 0.233 e. The third-order valence-corrected chi connectivity index (χ3v) is 5.59. The number of carbonyl (C=O) groups is 1. The summed E-state index contributed by atoms with van der Waals surface area (Å²) in [5.41, 5.74) is 0.938. The largest absolute Gasteiger partial charge is 0.342 e. The molecule has 25 heavy (non-hydrogen) atoms. The molecule has 1 aliphatic rings. The molecule has 0 N–H and O–H groups in total. The van der Waals surface area contributed by atoms with Gasteiger partial charge in [0.25, 0.3) is 0 Å². The van der Waals surface area contributed by atoms with Crippen LogP contribution in [0.4, 0.5) is 0 Å². The van der Waals surface area contributed by atoms with Gasteiger partial charge in [-0.3, -0.25) is 4.79 Å². The molecule has 1 saturated heterocycles. The number of nitrogens with zero attached hydrogens (tertiary/aromatic N) is 4. The van der Waals surface area contributed by atoms with Gasteiger partial charge in [0.05, 0.1) is 5.75 Å². The molecule has 0 saturated carbocycles. The Bertz CT molecular complexity index is 726. The van der Waals surface area contributed by atoms with E-state index in [-0.39, 0.29) is 5.91 Å². The van der Waals surface area contributed by atoms with Crippen molar-refractivity contribution in [2.45, 2.75) is 44.3 Å². The average Bonchev–Trinajstić information content (AvgIpc) is 2.83. The van der Waals surface area contributed by atoms with E-state index in [0.29, 0.717) is 10.8 Å². The van der Waals surface area contributed by atoms with E-state index in [2.05, 4.69) is 17.1 Å². The van der Waals surface area contributed by atoms with Crippen LogP contribution in [0.25, 0.3) is 11.4 Å². The van der Waals surface area contributed by atoms with Crippen molar-refractivity contribution in [2.24, 2.45) is 0 Å². The molecule has 7 heteroatoms. The lowest BCUT2D eigenvalue weighted by Crippen LogP contribution is -2.33. The molecular weight excluding hydrogens is 356 g/mol. The predicted octanol–water partition coefficient (Wildman–Crippen LogP) is 4.11. The summed E-state index contributed by atoms with van der Waals surface area (Å²) in [5.74, 6) is 1.39. The van der Waals surface area contributed by atoms with Crippen molar-refractivity contribution in [3.63, 3.8) is 0 Å². The monoisotopic (exact) mass is 378 g/mol. The van der Waals surface area contributed by atoms with Gasteiger partial charge in [-0.25, -0.2) is 0 Å². The zero-order valence-electron chi connectivity index (χ0n) is 14.4. The second-order valence-corrected chi connectivity index (χ2v) is 7.52. The number of carbonyl (C=O) groups excluding carboxylic acids is 1. The Morgan fingerprint density at radius 2 is 1.96 bits per heavy atom. The van der Waals surface area contributed by atoms with Crippen molar-refractivity contribution in [1.82, 2.24) is 19.7 Å². The van der Waals surface area contributed by atoms with Gasteiger partial charge in [0.1, 0.15) is 0 Å². The van der Waals surface area contributed by atoms with E-state index in [4.69, 9.17) is 11.6 Å². The van der Waals surface area contributed by atoms with Gasteiger partial charge < -0.3 is 9.47 Å². The van der Waals surface area contributed by atoms with Gasteiger partial charge in [0, 0.05) is 30.2 Å². The number of amides is 1. The smallest absolute Gasteiger partial charge is 0.233 e. The number of halogens is 1. The van der Waals surface area contributed by atoms with Crippen LogP contribution in [0, 0.1) is 0 Å². The van der Waals surface area contributed by atoms with Gasteiger partial charge in [0.15, 0.2) is 11.0 Å². The second kappa shape index (κ2) is 8.72. The Balaban J connectivity index is 1.69. The highest BCUT2D eigenvalue weighted by molar-refractivity contribution is 7.99. The molecule has 0 spiro atoms. The summed E-state index contributed by atoms with van der Waals surface area (Å²) in [6.07, 6.45) is 4.68. The van der Waals surface area contributed by atoms with E-state index >= 15 is 0 Å². The molecule has 1 aromatic heterocycles. The van der Waals surface area contributed by atoms with Gasteiger partial charge in [-0.15, -0.1) is 10.2 Å². The highest BCUT2D eigenvalue weighted by Crippen LogP contribution is 2.26. The number of hydrogen-bond acceptors (Lipinski definition) is 4. The molecule has 2 heterocycles. The number of thioether (sulfide) groups is 1. The predicted molar refractivity (Wildman–Crippen MR) is 102 cm³/mol. The zero-order chi connectivity index (χ0) is 17.6. The van der Waals surface area contributed by atoms with E-state index in [0.717, 1.165) is 49.0 Å². The molecule has 0 atom stereocenters. The van der Waals surface area contributed by atoms with E-state index in [1.54, 1.807) is 0 Å². The Morgan fingerprint density at radius 1 is 1.20 bits per heavy atom. The molecule has 1 aromatic carbocycles. The molecule has 0 bridgehead atoms. The SMILES string of the molecule is CCn1c(SCC(=O)N2CCCCCC2)nnc1-c1cccc(Cl)c1. The van der Waals surface area contributed by atoms with Crippen molar-refractivity contribution in [1.29, 1.82) is 0 Å². The number of hydrogen-bond donors (Lipinski definition) is 0. The molecule has 1 fully saturated rings. The van der Waals surface area contributed by atoms with Gasteiger partial charge in [-0.05, 0) is 31.9 Å². The number of benzene rings is 1. The second-order valence-electron chi connectivity index (χ2n) is 6.14. The molecule has 1 aliphatic heterocycles. The maximum atomic E-state index is 12.5. The lowest BCUT2D eigenvalue weighted by atomic mass is 10.2. The van der Waals surface area contributed by atoms with Crippen LogP contribution in [-0.2, 0) is 11.3 Å². The van der Waals surface area contributed by atoms with Crippen molar-refractivity contribution in [3.05, 3.63) is 29.3 Å². The first-order valence-corrected chi connectivity index (χ1v) is 10.1. The molecule has 0 aliphatic carbocycles. The fourth-order valence-electron chi connectivity index (χ4n) is 3.06. The molecule has 0 unspecified atom stereocenters. The van der Waals surface area contributed by atoms with E-state index in [9.17, 15) is 4.79 Å². The first-order valence-electron chi connectivity index (χ1n) is 8.78. The minimum Gasteiger partial charge on any atom is -0.342 e. The Labute approximate surface area is 157 Å². The van der Waals surface area contributed by atoms with Crippen LogP contribution in [0.2, 0.25) is 5.02 Å². The fourth-order valence-corrected chi connectivity index (χ4v) is 4.15. The Kier molecular flexibility index (Phi) is 6.37. The van der Waals surface area contributed by atoms with Crippen LogP contribution in [0.1, 0.15) is 32.6 Å². The van der Waals surface area contributed by atoms with Gasteiger partial charge in [-0.2, -0.15) is 0 Å². The standard InChI is InChI=1S/C18H23ClN4OS/c1-2-23-17(14-8-7-9-15(19)12-14)20-21-18(23)25-13-16(24)22-10-5-3-4-6-11-22/h7-9,12H,2-6,10-11,13H2,1H3. The number of aromatic nitrogens is 3. The molecule has 1 amide bonds. The van der Waals surface area contributed by atoms with Crippen LogP contribution >= 0.6 is 23.4 Å². The summed E-state index contributed by atoms with van der Waals surface area (Å²) in [6, 6.07) is 7.60. The zero-order valence-corrected chi connectivity index (χ0v) is 16.0. The average molecular weight is 379 g/mol. The summed E-state index contributed by atoms with van der Waals surface area (Å²) in [5, 5.41) is 10.1. The normalized spacial score (nSPS) is 15.2. The summed E-state index contributed by atoms with van der Waals surface area (Å²) in [7, 11) is 0. The van der Waals surface area contributed by atoms with Crippen LogP contribution < -0.4 is 0 Å². The summed E-state index contributed by atoms with van der Waals surface area (Å²) < 4.78 is 2.03. The van der Waals surface area contributed by atoms with Crippen molar-refractivity contribution in [2.75, 3.05) is 18.8 Å². The van der Waals surface area contributed by atoms with E-state index in [1.165, 1.54) is 24.6 Å². The fraction of sp³-hybridized carbons (Fsp3) is 0.500.